The molecule has 2 N–H and O–H groups in total. The zero-order valence-electron chi connectivity index (χ0n) is 15.0. The van der Waals surface area contributed by atoms with E-state index in [9.17, 15) is 9.18 Å². The maximum absolute atomic E-state index is 13.7. The number of nitrogens with zero attached hydrogens (tertiary/aromatic N) is 2. The maximum atomic E-state index is 13.7. The largest absolute Gasteiger partial charge is 0.367 e. The first-order valence-electron chi connectivity index (χ1n) is 9.02. The highest BCUT2D eigenvalue weighted by molar-refractivity contribution is 5.93. The Labute approximate surface area is 153 Å². The van der Waals surface area contributed by atoms with Gasteiger partial charge in [0.15, 0.2) is 0 Å². The molecule has 0 bridgehead atoms. The quantitative estimate of drug-likeness (QED) is 0.864. The molecule has 1 aliphatic heterocycles. The van der Waals surface area contributed by atoms with Gasteiger partial charge in [-0.05, 0) is 24.7 Å². The molecule has 1 heterocycles. The third-order valence-electron chi connectivity index (χ3n) is 4.71. The molecule has 0 aromatic heterocycles. The summed E-state index contributed by atoms with van der Waals surface area (Å²) in [4.78, 5) is 17.0. The van der Waals surface area contributed by atoms with Crippen molar-refractivity contribution in [2.75, 3.05) is 42.9 Å². The summed E-state index contributed by atoms with van der Waals surface area (Å²) in [5.74, 6) is -0.318. The Balaban J connectivity index is 1.61. The van der Waals surface area contributed by atoms with E-state index in [0.717, 1.165) is 44.1 Å². The van der Waals surface area contributed by atoms with Crippen LogP contribution in [0.2, 0.25) is 0 Å². The number of hydrogen-bond donors (Lipinski definition) is 2. The standard InChI is InChI=1S/C20H25FN4O/c1-2-24-11-13-25(14-12-24)19-10-6-5-9-18(19)23-20(26)22-15-16-7-3-4-8-17(16)21/h3-10H,2,11-15H2,1H3,(H2,22,23,26). The topological polar surface area (TPSA) is 47.6 Å². The summed E-state index contributed by atoms with van der Waals surface area (Å²) >= 11 is 0. The predicted octanol–water partition coefficient (Wildman–Crippen LogP) is 3.29. The zero-order valence-corrected chi connectivity index (χ0v) is 15.0. The molecular weight excluding hydrogens is 331 g/mol. The lowest BCUT2D eigenvalue weighted by atomic mass is 10.2. The van der Waals surface area contributed by atoms with Gasteiger partial charge in [-0.2, -0.15) is 0 Å². The molecule has 26 heavy (non-hydrogen) atoms. The smallest absolute Gasteiger partial charge is 0.319 e. The van der Waals surface area contributed by atoms with E-state index in [1.165, 1.54) is 6.07 Å². The van der Waals surface area contributed by atoms with Crippen LogP contribution in [-0.4, -0.2) is 43.7 Å². The van der Waals surface area contributed by atoms with Crippen molar-refractivity contribution in [3.8, 4) is 0 Å². The molecule has 2 aromatic rings. The Morgan fingerprint density at radius 1 is 1.04 bits per heavy atom. The summed E-state index contributed by atoms with van der Waals surface area (Å²) in [6.07, 6.45) is 0. The van der Waals surface area contributed by atoms with Gasteiger partial charge in [0, 0.05) is 38.3 Å². The molecule has 0 unspecified atom stereocenters. The Morgan fingerprint density at radius 3 is 2.46 bits per heavy atom. The van der Waals surface area contributed by atoms with Crippen LogP contribution in [0.25, 0.3) is 0 Å². The van der Waals surface area contributed by atoms with E-state index in [1.807, 2.05) is 24.3 Å². The number of carbonyl (C=O) groups excluding carboxylic acids is 1. The minimum atomic E-state index is -0.340. The van der Waals surface area contributed by atoms with Gasteiger partial charge in [-0.3, -0.25) is 0 Å². The number of nitrogens with one attached hydrogen (secondary N) is 2. The van der Waals surface area contributed by atoms with Crippen LogP contribution in [0.5, 0.6) is 0 Å². The highest BCUT2D eigenvalue weighted by Crippen LogP contribution is 2.26. The second-order valence-electron chi connectivity index (χ2n) is 6.34. The van der Waals surface area contributed by atoms with Crippen molar-refractivity contribution in [2.24, 2.45) is 0 Å². The van der Waals surface area contributed by atoms with E-state index in [2.05, 4.69) is 27.4 Å². The highest BCUT2D eigenvalue weighted by Gasteiger charge is 2.18. The number of hydrogen-bond acceptors (Lipinski definition) is 3. The highest BCUT2D eigenvalue weighted by atomic mass is 19.1. The normalized spacial score (nSPS) is 14.9. The van der Waals surface area contributed by atoms with Crippen LogP contribution in [0.15, 0.2) is 48.5 Å². The van der Waals surface area contributed by atoms with E-state index in [1.54, 1.807) is 18.2 Å². The number of halogens is 1. The summed E-state index contributed by atoms with van der Waals surface area (Å²) in [5, 5.41) is 5.61. The zero-order chi connectivity index (χ0) is 18.4. The molecule has 2 aromatic carbocycles. The van der Waals surface area contributed by atoms with Gasteiger partial charge in [0.2, 0.25) is 0 Å². The second kappa shape index (κ2) is 8.67. The average Bonchev–Trinajstić information content (AvgIpc) is 2.68. The molecule has 1 saturated heterocycles. The van der Waals surface area contributed by atoms with E-state index in [4.69, 9.17) is 0 Å². The molecule has 0 atom stereocenters. The Bertz CT molecular complexity index is 744. The van der Waals surface area contributed by atoms with Gasteiger partial charge >= 0.3 is 6.03 Å². The summed E-state index contributed by atoms with van der Waals surface area (Å²) in [7, 11) is 0. The molecule has 0 radical (unpaired) electrons. The second-order valence-corrected chi connectivity index (χ2v) is 6.34. The minimum absolute atomic E-state index is 0.149. The maximum Gasteiger partial charge on any atom is 0.319 e. The number of amides is 2. The van der Waals surface area contributed by atoms with Crippen molar-refractivity contribution in [1.82, 2.24) is 10.2 Å². The number of anilines is 2. The Kier molecular flexibility index (Phi) is 6.07. The molecule has 3 rings (SSSR count). The Morgan fingerprint density at radius 2 is 1.73 bits per heavy atom. The number of para-hydroxylation sites is 2. The van der Waals surface area contributed by atoms with Crippen molar-refractivity contribution in [1.29, 1.82) is 0 Å². The van der Waals surface area contributed by atoms with Crippen LogP contribution in [0.4, 0.5) is 20.6 Å². The molecule has 0 saturated carbocycles. The Hall–Kier alpha value is -2.60. The fourth-order valence-corrected chi connectivity index (χ4v) is 3.14. The summed E-state index contributed by atoms with van der Waals surface area (Å²) < 4.78 is 13.7. The van der Waals surface area contributed by atoms with Gasteiger partial charge in [0.05, 0.1) is 11.4 Å². The first kappa shape index (κ1) is 18.2. The van der Waals surface area contributed by atoms with Crippen LogP contribution in [0, 0.1) is 5.82 Å². The molecular formula is C20H25FN4O. The van der Waals surface area contributed by atoms with Crippen LogP contribution in [0.1, 0.15) is 12.5 Å². The van der Waals surface area contributed by atoms with Crippen molar-refractivity contribution in [3.63, 3.8) is 0 Å². The molecule has 0 aliphatic carbocycles. The van der Waals surface area contributed by atoms with E-state index in [0.29, 0.717) is 5.56 Å². The molecule has 138 valence electrons. The van der Waals surface area contributed by atoms with Crippen molar-refractivity contribution >= 4 is 17.4 Å². The fourth-order valence-electron chi connectivity index (χ4n) is 3.14. The third kappa shape index (κ3) is 4.52. The molecule has 0 spiro atoms. The van der Waals surface area contributed by atoms with E-state index in [-0.39, 0.29) is 18.4 Å². The third-order valence-corrected chi connectivity index (χ3v) is 4.71. The monoisotopic (exact) mass is 356 g/mol. The van der Waals surface area contributed by atoms with E-state index >= 15 is 0 Å². The molecule has 5 nitrogen and oxygen atoms in total. The molecule has 1 fully saturated rings. The summed E-state index contributed by atoms with van der Waals surface area (Å²) in [5.41, 5.74) is 2.25. The van der Waals surface area contributed by atoms with Gasteiger partial charge < -0.3 is 20.4 Å². The minimum Gasteiger partial charge on any atom is -0.367 e. The number of urea groups is 1. The van der Waals surface area contributed by atoms with Gasteiger partial charge in [-0.25, -0.2) is 9.18 Å². The number of carbonyl (C=O) groups is 1. The predicted molar refractivity (Wildman–Crippen MR) is 103 cm³/mol. The first-order valence-corrected chi connectivity index (χ1v) is 9.02. The number of rotatable bonds is 5. The fraction of sp³-hybridized carbons (Fsp3) is 0.350. The number of benzene rings is 2. The number of likely N-dealkylation sites (N-methyl/N-ethyl adjacent to an activating group) is 1. The van der Waals surface area contributed by atoms with Crippen LogP contribution in [-0.2, 0) is 6.54 Å². The van der Waals surface area contributed by atoms with Crippen molar-refractivity contribution in [2.45, 2.75) is 13.5 Å². The average molecular weight is 356 g/mol. The van der Waals surface area contributed by atoms with Gasteiger partial charge in [0.1, 0.15) is 5.82 Å². The number of piperazine rings is 1. The lowest BCUT2D eigenvalue weighted by Crippen LogP contribution is -2.46. The van der Waals surface area contributed by atoms with Crippen LogP contribution >= 0.6 is 0 Å². The van der Waals surface area contributed by atoms with Crippen LogP contribution < -0.4 is 15.5 Å². The summed E-state index contributed by atoms with van der Waals surface area (Å²) in [6, 6.07) is 13.9. The van der Waals surface area contributed by atoms with Gasteiger partial charge in [-0.15, -0.1) is 0 Å². The molecule has 2 amide bonds. The summed E-state index contributed by atoms with van der Waals surface area (Å²) in [6.45, 7) is 7.29. The lowest BCUT2D eigenvalue weighted by Gasteiger charge is -2.36. The SMILES string of the molecule is CCN1CCN(c2ccccc2NC(=O)NCc2ccccc2F)CC1. The lowest BCUT2D eigenvalue weighted by molar-refractivity contribution is 0.251. The van der Waals surface area contributed by atoms with Gasteiger partial charge in [-0.1, -0.05) is 37.3 Å². The van der Waals surface area contributed by atoms with Crippen molar-refractivity contribution in [3.05, 3.63) is 59.9 Å². The molecule has 6 heteroatoms. The van der Waals surface area contributed by atoms with Gasteiger partial charge in [0.25, 0.3) is 0 Å². The van der Waals surface area contributed by atoms with Crippen molar-refractivity contribution < 1.29 is 9.18 Å². The molecule has 1 aliphatic rings. The van der Waals surface area contributed by atoms with Crippen LogP contribution in [0.3, 0.4) is 0 Å². The van der Waals surface area contributed by atoms with E-state index < -0.39 is 0 Å². The first-order chi connectivity index (χ1) is 12.7.